The lowest BCUT2D eigenvalue weighted by atomic mass is 9.81. The Balaban J connectivity index is 3.25. The molecule has 0 aliphatic heterocycles. The number of aromatic nitrogens is 1. The molecule has 1 aromatic heterocycles. The van der Waals surface area contributed by atoms with E-state index in [2.05, 4.69) is 60.7 Å². The second kappa shape index (κ2) is 7.04. The van der Waals surface area contributed by atoms with Crippen molar-refractivity contribution in [3.05, 3.63) is 15.6 Å². The zero-order valence-corrected chi connectivity index (χ0v) is 15.3. The Labute approximate surface area is 129 Å². The summed E-state index contributed by atoms with van der Waals surface area (Å²) >= 11 is 1.87. The molecule has 0 saturated heterocycles. The van der Waals surface area contributed by atoms with Gasteiger partial charge in [0.1, 0.15) is 5.01 Å². The number of hydrogen-bond acceptors (Lipinski definition) is 3. The average Bonchev–Trinajstić information content (AvgIpc) is 2.56. The van der Waals surface area contributed by atoms with Crippen molar-refractivity contribution in [2.75, 3.05) is 0 Å². The van der Waals surface area contributed by atoms with Crippen molar-refractivity contribution in [3.63, 3.8) is 0 Å². The maximum Gasteiger partial charge on any atom is 0.113 e. The Morgan fingerprint density at radius 1 is 1.00 bits per heavy atom. The minimum atomic E-state index is 0.0280. The molecule has 3 heteroatoms. The molecule has 2 nitrogen and oxygen atoms in total. The third-order valence-electron chi connectivity index (χ3n) is 3.52. The highest BCUT2D eigenvalue weighted by atomic mass is 32.1. The molecule has 0 fully saturated rings. The predicted octanol–water partition coefficient (Wildman–Crippen LogP) is 5.05. The molecular weight excluding hydrogens is 264 g/mol. The zero-order valence-electron chi connectivity index (χ0n) is 14.5. The van der Waals surface area contributed by atoms with Crippen LogP contribution in [-0.2, 0) is 5.54 Å². The van der Waals surface area contributed by atoms with Gasteiger partial charge in [-0.15, -0.1) is 11.3 Å². The Bertz CT molecular complexity index is 373. The molecule has 0 unspecified atom stereocenters. The van der Waals surface area contributed by atoms with Gasteiger partial charge in [0.2, 0.25) is 0 Å². The van der Waals surface area contributed by atoms with E-state index in [1.165, 1.54) is 15.6 Å². The van der Waals surface area contributed by atoms with E-state index < -0.39 is 0 Å². The molecule has 0 atom stereocenters. The summed E-state index contributed by atoms with van der Waals surface area (Å²) in [6.07, 6.45) is 2.30. The van der Waals surface area contributed by atoms with Crippen LogP contribution in [0.5, 0.6) is 0 Å². The molecule has 0 bridgehead atoms. The first-order valence-electron chi connectivity index (χ1n) is 7.88. The smallest absolute Gasteiger partial charge is 0.113 e. The summed E-state index contributed by atoms with van der Waals surface area (Å²) in [6, 6.07) is 0.469. The predicted molar refractivity (Wildman–Crippen MR) is 90.4 cm³/mol. The first-order valence-corrected chi connectivity index (χ1v) is 8.70. The molecule has 0 amide bonds. The number of nitrogens with zero attached hydrogens (tertiary/aromatic N) is 1. The Morgan fingerprint density at radius 3 is 1.80 bits per heavy atom. The second-order valence-corrected chi connectivity index (χ2v) is 8.44. The highest BCUT2D eigenvalue weighted by Crippen LogP contribution is 2.38. The van der Waals surface area contributed by atoms with Gasteiger partial charge in [-0.2, -0.15) is 0 Å². The SMILES string of the molecule is Cc1nc(C(CC(C)C)(CC(C)C)NC(C)C)sc1C. The fourth-order valence-corrected chi connectivity index (χ4v) is 4.15. The fourth-order valence-electron chi connectivity index (χ4n) is 3.06. The van der Waals surface area contributed by atoms with Gasteiger partial charge in [0, 0.05) is 10.9 Å². The van der Waals surface area contributed by atoms with Gasteiger partial charge in [-0.25, -0.2) is 4.98 Å². The van der Waals surface area contributed by atoms with Crippen LogP contribution in [-0.4, -0.2) is 11.0 Å². The maximum atomic E-state index is 4.90. The van der Waals surface area contributed by atoms with Crippen LogP contribution in [0.4, 0.5) is 0 Å². The van der Waals surface area contributed by atoms with Crippen LogP contribution in [0.3, 0.4) is 0 Å². The monoisotopic (exact) mass is 296 g/mol. The van der Waals surface area contributed by atoms with Gasteiger partial charge in [-0.3, -0.25) is 0 Å². The molecule has 0 spiro atoms. The van der Waals surface area contributed by atoms with Crippen molar-refractivity contribution in [2.45, 2.75) is 79.8 Å². The third kappa shape index (κ3) is 4.56. The molecule has 0 radical (unpaired) electrons. The molecule has 20 heavy (non-hydrogen) atoms. The molecule has 0 saturated carbocycles. The summed E-state index contributed by atoms with van der Waals surface area (Å²) in [5.74, 6) is 1.31. The van der Waals surface area contributed by atoms with Crippen molar-refractivity contribution in [2.24, 2.45) is 11.8 Å². The van der Waals surface area contributed by atoms with Gasteiger partial charge in [0.05, 0.1) is 11.2 Å². The van der Waals surface area contributed by atoms with Crippen molar-refractivity contribution >= 4 is 11.3 Å². The molecule has 1 aromatic rings. The van der Waals surface area contributed by atoms with Gasteiger partial charge in [-0.05, 0) is 52.4 Å². The van der Waals surface area contributed by atoms with E-state index in [9.17, 15) is 0 Å². The van der Waals surface area contributed by atoms with Crippen molar-refractivity contribution < 1.29 is 0 Å². The van der Waals surface area contributed by atoms with Crippen LogP contribution in [0.2, 0.25) is 0 Å². The molecule has 0 aliphatic carbocycles. The average molecular weight is 297 g/mol. The molecule has 116 valence electrons. The third-order valence-corrected chi connectivity index (χ3v) is 4.79. The summed E-state index contributed by atoms with van der Waals surface area (Å²) in [4.78, 5) is 6.25. The summed E-state index contributed by atoms with van der Waals surface area (Å²) in [7, 11) is 0. The van der Waals surface area contributed by atoms with E-state index in [0.29, 0.717) is 17.9 Å². The summed E-state index contributed by atoms with van der Waals surface area (Å²) in [5.41, 5.74) is 1.22. The molecule has 0 aromatic carbocycles. The minimum absolute atomic E-state index is 0.0280. The lowest BCUT2D eigenvalue weighted by molar-refractivity contribution is 0.207. The van der Waals surface area contributed by atoms with Crippen LogP contribution in [0.25, 0.3) is 0 Å². The molecule has 1 heterocycles. The van der Waals surface area contributed by atoms with Crippen LogP contribution in [0.15, 0.2) is 0 Å². The number of thiazole rings is 1. The maximum absolute atomic E-state index is 4.90. The van der Waals surface area contributed by atoms with E-state index >= 15 is 0 Å². The number of aryl methyl sites for hydroxylation is 2. The summed E-state index contributed by atoms with van der Waals surface area (Å²) in [5, 5.41) is 5.14. The first-order chi connectivity index (χ1) is 9.16. The van der Waals surface area contributed by atoms with Gasteiger partial charge in [0.15, 0.2) is 0 Å². The highest BCUT2D eigenvalue weighted by Gasteiger charge is 2.37. The normalized spacial score (nSPS) is 12.9. The van der Waals surface area contributed by atoms with Crippen LogP contribution in [0.1, 0.15) is 70.0 Å². The zero-order chi connectivity index (χ0) is 15.5. The first kappa shape index (κ1) is 17.6. The van der Waals surface area contributed by atoms with Crippen molar-refractivity contribution in [1.29, 1.82) is 0 Å². The lowest BCUT2D eigenvalue weighted by Crippen LogP contribution is -2.47. The number of nitrogens with one attached hydrogen (secondary N) is 1. The fraction of sp³-hybridized carbons (Fsp3) is 0.824. The Kier molecular flexibility index (Phi) is 6.21. The Morgan fingerprint density at radius 2 is 1.50 bits per heavy atom. The Hall–Kier alpha value is -0.410. The van der Waals surface area contributed by atoms with Crippen LogP contribution in [0, 0.1) is 25.7 Å². The van der Waals surface area contributed by atoms with E-state index in [4.69, 9.17) is 4.98 Å². The van der Waals surface area contributed by atoms with Gasteiger partial charge < -0.3 is 5.32 Å². The topological polar surface area (TPSA) is 24.9 Å². The minimum Gasteiger partial charge on any atom is -0.303 e. The highest BCUT2D eigenvalue weighted by molar-refractivity contribution is 7.11. The second-order valence-electron chi connectivity index (χ2n) is 7.24. The van der Waals surface area contributed by atoms with E-state index in [0.717, 1.165) is 12.8 Å². The van der Waals surface area contributed by atoms with Crippen molar-refractivity contribution in [3.8, 4) is 0 Å². The largest absolute Gasteiger partial charge is 0.303 e. The quantitative estimate of drug-likeness (QED) is 0.762. The van der Waals surface area contributed by atoms with Crippen LogP contribution >= 0.6 is 11.3 Å². The summed E-state index contributed by atoms with van der Waals surface area (Å²) < 4.78 is 0. The van der Waals surface area contributed by atoms with Gasteiger partial charge in [0.25, 0.3) is 0 Å². The summed E-state index contributed by atoms with van der Waals surface area (Å²) in [6.45, 7) is 18.0. The van der Waals surface area contributed by atoms with Crippen LogP contribution < -0.4 is 5.32 Å². The molecule has 1 rings (SSSR count). The number of rotatable bonds is 7. The van der Waals surface area contributed by atoms with Crippen molar-refractivity contribution in [1.82, 2.24) is 10.3 Å². The van der Waals surface area contributed by atoms with Gasteiger partial charge in [-0.1, -0.05) is 27.7 Å². The number of hydrogen-bond donors (Lipinski definition) is 1. The van der Waals surface area contributed by atoms with E-state index in [1.54, 1.807) is 0 Å². The lowest BCUT2D eigenvalue weighted by Gasteiger charge is -2.38. The standard InChI is InChI=1S/C17H32N2S/c1-11(2)9-17(10-12(3)4,19-13(5)6)16-18-14(7)15(8)20-16/h11-13,19H,9-10H2,1-8H3. The van der Waals surface area contributed by atoms with E-state index in [-0.39, 0.29) is 5.54 Å². The molecular formula is C17H32N2S. The van der Waals surface area contributed by atoms with E-state index in [1.807, 2.05) is 11.3 Å². The molecule has 0 aliphatic rings. The van der Waals surface area contributed by atoms with Gasteiger partial charge >= 0.3 is 0 Å². The molecule has 1 N–H and O–H groups in total.